The second kappa shape index (κ2) is 9.40. The van der Waals surface area contributed by atoms with Gasteiger partial charge in [-0.3, -0.25) is 14.4 Å². The first-order valence-electron chi connectivity index (χ1n) is 9.48. The molecule has 4 rings (SSSR count). The molecule has 4 N–H and O–H groups in total. The van der Waals surface area contributed by atoms with Gasteiger partial charge in [0.25, 0.3) is 5.91 Å². The first-order chi connectivity index (χ1) is 15.5. The molecule has 0 radical (unpaired) electrons. The number of nitrogens with two attached hydrogens (primary N) is 1. The quantitative estimate of drug-likeness (QED) is 0.472. The third-order valence-corrected chi connectivity index (χ3v) is 5.44. The van der Waals surface area contributed by atoms with Crippen molar-refractivity contribution in [1.29, 1.82) is 0 Å². The molecule has 3 aromatic rings. The van der Waals surface area contributed by atoms with E-state index in [-0.39, 0.29) is 24.4 Å². The van der Waals surface area contributed by atoms with Gasteiger partial charge in [-0.05, 0) is 48.5 Å². The molecule has 9 nitrogen and oxygen atoms in total. The number of nitrogens with one attached hydrogen (secondary N) is 2. The van der Waals surface area contributed by atoms with Gasteiger partial charge in [0.15, 0.2) is 11.5 Å². The van der Waals surface area contributed by atoms with E-state index >= 15 is 0 Å². The average molecular weight is 450 g/mol. The van der Waals surface area contributed by atoms with Crippen molar-refractivity contribution in [1.82, 2.24) is 4.98 Å². The van der Waals surface area contributed by atoms with Crippen LogP contribution < -0.4 is 25.8 Å². The highest BCUT2D eigenvalue weighted by Gasteiger charge is 2.17. The molecule has 2 aromatic carbocycles. The highest BCUT2D eigenvalue weighted by atomic mass is 32.2. The van der Waals surface area contributed by atoms with Crippen molar-refractivity contribution < 1.29 is 23.9 Å². The lowest BCUT2D eigenvalue weighted by atomic mass is 10.2. The number of thioether (sulfide) groups is 1. The summed E-state index contributed by atoms with van der Waals surface area (Å²) in [5, 5.41) is 5.95. The van der Waals surface area contributed by atoms with Gasteiger partial charge in [0.05, 0.1) is 11.3 Å². The standard InChI is InChI=1S/C22H18N4O5S/c23-20(28)13-3-5-14(6-4-13)26-21(29)16-2-1-9-24-22(16)32-11-19(27)25-15-7-8-17-18(10-15)31-12-30-17/h1-10H,11-12H2,(H2,23,28)(H,25,27)(H,26,29). The summed E-state index contributed by atoms with van der Waals surface area (Å²) in [7, 11) is 0. The average Bonchev–Trinajstić information content (AvgIpc) is 3.26. The van der Waals surface area contributed by atoms with Crippen LogP contribution >= 0.6 is 11.8 Å². The van der Waals surface area contributed by atoms with Gasteiger partial charge in [-0.1, -0.05) is 11.8 Å². The van der Waals surface area contributed by atoms with Crippen LogP contribution in [0.4, 0.5) is 11.4 Å². The van der Waals surface area contributed by atoms with Crippen LogP contribution in [0.1, 0.15) is 20.7 Å². The normalized spacial score (nSPS) is 11.6. The first-order valence-corrected chi connectivity index (χ1v) is 10.5. The summed E-state index contributed by atoms with van der Waals surface area (Å²) in [4.78, 5) is 40.5. The molecule has 0 unspecified atom stereocenters. The number of carbonyl (C=O) groups excluding carboxylic acids is 3. The largest absolute Gasteiger partial charge is 0.454 e. The molecule has 32 heavy (non-hydrogen) atoms. The van der Waals surface area contributed by atoms with Crippen LogP contribution in [-0.2, 0) is 4.79 Å². The van der Waals surface area contributed by atoms with Crippen molar-refractivity contribution in [3.63, 3.8) is 0 Å². The minimum atomic E-state index is -0.548. The van der Waals surface area contributed by atoms with E-state index in [1.165, 1.54) is 12.1 Å². The Kier molecular flexibility index (Phi) is 6.22. The smallest absolute Gasteiger partial charge is 0.258 e. The summed E-state index contributed by atoms with van der Waals surface area (Å²) in [6.07, 6.45) is 1.55. The Labute approximate surface area is 187 Å². The maximum absolute atomic E-state index is 12.7. The number of ether oxygens (including phenoxy) is 2. The molecule has 0 atom stereocenters. The van der Waals surface area contributed by atoms with E-state index in [9.17, 15) is 14.4 Å². The van der Waals surface area contributed by atoms with Crippen LogP contribution in [0.25, 0.3) is 0 Å². The second-order valence-corrected chi connectivity index (χ2v) is 7.62. The fraction of sp³-hybridized carbons (Fsp3) is 0.0909. The SMILES string of the molecule is NC(=O)c1ccc(NC(=O)c2cccnc2SCC(=O)Nc2ccc3c(c2)OCO3)cc1. The van der Waals surface area contributed by atoms with Crippen molar-refractivity contribution in [2.75, 3.05) is 23.2 Å². The lowest BCUT2D eigenvalue weighted by Crippen LogP contribution is -2.16. The molecular formula is C22H18N4O5S. The summed E-state index contributed by atoms with van der Waals surface area (Å²) in [6, 6.07) is 14.6. The monoisotopic (exact) mass is 450 g/mol. The summed E-state index contributed by atoms with van der Waals surface area (Å²) < 4.78 is 10.6. The van der Waals surface area contributed by atoms with Crippen LogP contribution in [0.2, 0.25) is 0 Å². The fourth-order valence-corrected chi connectivity index (χ4v) is 3.69. The highest BCUT2D eigenvalue weighted by molar-refractivity contribution is 8.00. The Morgan fingerprint density at radius 1 is 0.969 bits per heavy atom. The molecule has 0 aliphatic carbocycles. The highest BCUT2D eigenvalue weighted by Crippen LogP contribution is 2.34. The number of nitrogens with zero attached hydrogens (tertiary/aromatic N) is 1. The van der Waals surface area contributed by atoms with Crippen LogP contribution in [0.15, 0.2) is 65.8 Å². The van der Waals surface area contributed by atoms with Crippen molar-refractivity contribution in [2.45, 2.75) is 5.03 Å². The number of aromatic nitrogens is 1. The Morgan fingerprint density at radius 2 is 1.72 bits per heavy atom. The number of primary amides is 1. The van der Waals surface area contributed by atoms with Gasteiger partial charge < -0.3 is 25.8 Å². The van der Waals surface area contributed by atoms with E-state index in [1.807, 2.05) is 0 Å². The lowest BCUT2D eigenvalue weighted by molar-refractivity contribution is -0.113. The number of rotatable bonds is 7. The second-order valence-electron chi connectivity index (χ2n) is 6.66. The van der Waals surface area contributed by atoms with E-state index in [0.29, 0.717) is 39.0 Å². The molecule has 1 aliphatic heterocycles. The predicted molar refractivity (Wildman–Crippen MR) is 119 cm³/mol. The van der Waals surface area contributed by atoms with Gasteiger partial charge >= 0.3 is 0 Å². The van der Waals surface area contributed by atoms with E-state index in [4.69, 9.17) is 15.2 Å². The molecule has 0 spiro atoms. The number of anilines is 2. The number of pyridine rings is 1. The van der Waals surface area contributed by atoms with Crippen molar-refractivity contribution >= 4 is 40.9 Å². The van der Waals surface area contributed by atoms with Gasteiger partial charge in [0, 0.05) is 29.2 Å². The molecule has 0 saturated heterocycles. The number of fused-ring (bicyclic) bond motifs is 1. The minimum Gasteiger partial charge on any atom is -0.454 e. The van der Waals surface area contributed by atoms with Crippen LogP contribution in [0.5, 0.6) is 11.5 Å². The van der Waals surface area contributed by atoms with Crippen LogP contribution in [-0.4, -0.2) is 35.3 Å². The fourth-order valence-electron chi connectivity index (χ4n) is 2.90. The van der Waals surface area contributed by atoms with E-state index in [0.717, 1.165) is 11.8 Å². The van der Waals surface area contributed by atoms with Crippen LogP contribution in [0.3, 0.4) is 0 Å². The Hall–Kier alpha value is -4.05. The summed E-state index contributed by atoms with van der Waals surface area (Å²) >= 11 is 1.14. The molecule has 162 valence electrons. The molecule has 0 fully saturated rings. The summed E-state index contributed by atoms with van der Waals surface area (Å²) in [5.74, 6) is 0.0668. The zero-order chi connectivity index (χ0) is 22.5. The molecule has 1 aromatic heterocycles. The zero-order valence-electron chi connectivity index (χ0n) is 16.7. The van der Waals surface area contributed by atoms with E-state index in [1.54, 1.807) is 48.7 Å². The van der Waals surface area contributed by atoms with Crippen molar-refractivity contribution in [3.8, 4) is 11.5 Å². The third kappa shape index (κ3) is 4.98. The molecule has 10 heteroatoms. The van der Waals surface area contributed by atoms with Gasteiger partial charge in [-0.25, -0.2) is 4.98 Å². The number of amides is 3. The summed E-state index contributed by atoms with van der Waals surface area (Å²) in [6.45, 7) is 0.155. The van der Waals surface area contributed by atoms with E-state index in [2.05, 4.69) is 15.6 Å². The molecule has 0 saturated carbocycles. The Morgan fingerprint density at radius 3 is 2.50 bits per heavy atom. The Bertz CT molecular complexity index is 1180. The predicted octanol–water partition coefficient (Wildman–Crippen LogP) is 2.89. The maximum Gasteiger partial charge on any atom is 0.258 e. The molecule has 3 amide bonds. The van der Waals surface area contributed by atoms with Gasteiger partial charge in [-0.2, -0.15) is 0 Å². The molecule has 2 heterocycles. The zero-order valence-corrected chi connectivity index (χ0v) is 17.5. The molecule has 0 bridgehead atoms. The van der Waals surface area contributed by atoms with Gasteiger partial charge in [0.1, 0.15) is 5.03 Å². The molecular weight excluding hydrogens is 432 g/mol. The van der Waals surface area contributed by atoms with E-state index < -0.39 is 5.91 Å². The number of benzene rings is 2. The Balaban J connectivity index is 1.37. The van der Waals surface area contributed by atoms with Crippen LogP contribution in [0, 0.1) is 0 Å². The van der Waals surface area contributed by atoms with Gasteiger partial charge in [-0.15, -0.1) is 0 Å². The topological polar surface area (TPSA) is 133 Å². The number of hydrogen-bond acceptors (Lipinski definition) is 7. The molecule has 1 aliphatic rings. The van der Waals surface area contributed by atoms with Gasteiger partial charge in [0.2, 0.25) is 18.6 Å². The minimum absolute atomic E-state index is 0.0546. The maximum atomic E-state index is 12.7. The third-order valence-electron chi connectivity index (χ3n) is 4.44. The lowest BCUT2D eigenvalue weighted by Gasteiger charge is -2.10. The first kappa shape index (κ1) is 21.2. The number of hydrogen-bond donors (Lipinski definition) is 3. The summed E-state index contributed by atoms with van der Waals surface area (Å²) in [5.41, 5.74) is 6.97. The van der Waals surface area contributed by atoms with Crippen molar-refractivity contribution in [2.24, 2.45) is 5.73 Å². The number of carbonyl (C=O) groups is 3. The van der Waals surface area contributed by atoms with Crippen molar-refractivity contribution in [3.05, 3.63) is 71.9 Å².